The number of amides is 1. The van der Waals surface area contributed by atoms with Crippen molar-refractivity contribution in [1.29, 1.82) is 0 Å². The second kappa shape index (κ2) is 19.8. The third-order valence-corrected chi connectivity index (χ3v) is 10.6. The number of ether oxygens (including phenoxy) is 4. The van der Waals surface area contributed by atoms with E-state index in [-0.39, 0.29) is 18.5 Å². The highest BCUT2D eigenvalue weighted by Gasteiger charge is 2.41. The largest absolute Gasteiger partial charge is 0.494 e. The summed E-state index contributed by atoms with van der Waals surface area (Å²) >= 11 is 2.25. The van der Waals surface area contributed by atoms with Crippen molar-refractivity contribution in [2.45, 2.75) is 95.0 Å². The second-order valence-corrected chi connectivity index (χ2v) is 16.7. The van der Waals surface area contributed by atoms with E-state index in [1.54, 1.807) is 10.9 Å². The van der Waals surface area contributed by atoms with E-state index in [1.165, 1.54) is 0 Å². The zero-order valence-corrected chi connectivity index (χ0v) is 35.2. The van der Waals surface area contributed by atoms with Gasteiger partial charge in [-0.2, -0.15) is 13.2 Å². The molecule has 0 bridgehead atoms. The van der Waals surface area contributed by atoms with Crippen LogP contribution in [0.3, 0.4) is 0 Å². The molecule has 0 spiro atoms. The fourth-order valence-corrected chi connectivity index (χ4v) is 7.43. The van der Waals surface area contributed by atoms with Crippen molar-refractivity contribution in [3.05, 3.63) is 81.6 Å². The molecule has 15 nitrogen and oxygen atoms in total. The molecule has 1 amide bonds. The monoisotopic (exact) mass is 938 g/mol. The average molecular weight is 939 g/mol. The van der Waals surface area contributed by atoms with E-state index in [2.05, 4.69) is 58.4 Å². The maximum absolute atomic E-state index is 13.0. The van der Waals surface area contributed by atoms with Gasteiger partial charge in [-0.25, -0.2) is 14.5 Å². The van der Waals surface area contributed by atoms with Crippen molar-refractivity contribution in [3.63, 3.8) is 0 Å². The lowest BCUT2D eigenvalue weighted by Crippen LogP contribution is -2.52. The molecule has 2 fully saturated rings. The van der Waals surface area contributed by atoms with E-state index in [0.717, 1.165) is 72.1 Å². The Labute approximate surface area is 354 Å². The molecule has 19 heteroatoms. The molecule has 0 saturated carbocycles. The number of carbonyl (C=O) groups is 1. The van der Waals surface area contributed by atoms with E-state index in [4.69, 9.17) is 18.9 Å². The molecule has 4 heterocycles. The van der Waals surface area contributed by atoms with Crippen LogP contribution in [0.1, 0.15) is 75.6 Å². The number of aliphatic hydroxyl groups excluding tert-OH is 2. The van der Waals surface area contributed by atoms with Crippen molar-refractivity contribution < 1.29 is 47.1 Å². The number of piperidine rings is 1. The average Bonchev–Trinajstić information content (AvgIpc) is 3.68. The Morgan fingerprint density at radius 2 is 1.76 bits per heavy atom. The first-order valence-electron chi connectivity index (χ1n) is 19.5. The van der Waals surface area contributed by atoms with Gasteiger partial charge >= 0.3 is 12.3 Å². The van der Waals surface area contributed by atoms with Crippen LogP contribution in [0.2, 0.25) is 0 Å². The van der Waals surface area contributed by atoms with Crippen molar-refractivity contribution in [1.82, 2.24) is 35.2 Å². The van der Waals surface area contributed by atoms with Crippen LogP contribution >= 0.6 is 22.6 Å². The number of rotatable bonds is 15. The number of aromatic nitrogens is 5. The molecule has 2 aromatic carbocycles. The molecule has 4 N–H and O–H groups in total. The zero-order chi connectivity index (χ0) is 42.2. The highest BCUT2D eigenvalue weighted by Crippen LogP contribution is 2.32. The molecule has 59 heavy (non-hydrogen) atoms. The molecule has 2 aliphatic rings. The predicted molar refractivity (Wildman–Crippen MR) is 218 cm³/mol. The number of alkyl carbamates (subject to hydrolysis) is 1. The summed E-state index contributed by atoms with van der Waals surface area (Å²) in [5.41, 5.74) is -0.266. The third kappa shape index (κ3) is 12.8. The van der Waals surface area contributed by atoms with E-state index < -0.39 is 47.9 Å². The summed E-state index contributed by atoms with van der Waals surface area (Å²) < 4.78 is 65.0. The summed E-state index contributed by atoms with van der Waals surface area (Å²) in [4.78, 5) is 21.4. The van der Waals surface area contributed by atoms with Gasteiger partial charge in [0.2, 0.25) is 0 Å². The number of aliphatic hydroxyl groups is 2. The molecule has 2 aliphatic heterocycles. The molecular weight excluding hydrogens is 888 g/mol. The molecule has 2 aromatic heterocycles. The van der Waals surface area contributed by atoms with Gasteiger partial charge in [0.15, 0.2) is 5.69 Å². The number of likely N-dealkylation sites (tertiary alicyclic amines) is 1. The van der Waals surface area contributed by atoms with Gasteiger partial charge in [0, 0.05) is 19.6 Å². The summed E-state index contributed by atoms with van der Waals surface area (Å²) in [6.45, 7) is 9.18. The molecule has 4 aromatic rings. The van der Waals surface area contributed by atoms with E-state index in [1.807, 2.05) is 63.2 Å². The number of nitrogens with one attached hydrogen (secondary N) is 2. The van der Waals surface area contributed by atoms with Crippen molar-refractivity contribution >= 4 is 34.5 Å². The van der Waals surface area contributed by atoms with Gasteiger partial charge in [-0.15, -0.1) is 5.10 Å². The van der Waals surface area contributed by atoms with Crippen molar-refractivity contribution in [2.24, 2.45) is 0 Å². The summed E-state index contributed by atoms with van der Waals surface area (Å²) in [5.74, 6) is 2.03. The van der Waals surface area contributed by atoms with E-state index >= 15 is 0 Å². The minimum atomic E-state index is -4.67. The first-order valence-corrected chi connectivity index (χ1v) is 20.6. The van der Waals surface area contributed by atoms with Crippen LogP contribution < -0.4 is 20.1 Å². The second-order valence-electron chi connectivity index (χ2n) is 15.5. The lowest BCUT2D eigenvalue weighted by Gasteiger charge is -2.37. The highest BCUT2D eigenvalue weighted by molar-refractivity contribution is 14.1. The Morgan fingerprint density at radius 1 is 1.02 bits per heavy atom. The highest BCUT2D eigenvalue weighted by atomic mass is 127. The van der Waals surface area contributed by atoms with Crippen LogP contribution in [-0.4, -0.2) is 109 Å². The number of alkyl halides is 3. The summed E-state index contributed by atoms with van der Waals surface area (Å²) in [6.07, 6.45) is -1.11. The lowest BCUT2D eigenvalue weighted by atomic mass is 9.96. The van der Waals surface area contributed by atoms with Gasteiger partial charge in [-0.3, -0.25) is 4.98 Å². The van der Waals surface area contributed by atoms with E-state index in [9.17, 15) is 28.2 Å². The molecule has 6 rings (SSSR count). The van der Waals surface area contributed by atoms with Crippen LogP contribution in [0.5, 0.6) is 17.2 Å². The van der Waals surface area contributed by atoms with Gasteiger partial charge in [0.1, 0.15) is 52.7 Å². The summed E-state index contributed by atoms with van der Waals surface area (Å²) in [7, 11) is 0. The van der Waals surface area contributed by atoms with Crippen molar-refractivity contribution in [3.8, 4) is 17.2 Å². The van der Waals surface area contributed by atoms with Gasteiger partial charge in [0.05, 0.1) is 47.5 Å². The molecule has 320 valence electrons. The Hall–Kier alpha value is -4.31. The Morgan fingerprint density at radius 3 is 2.47 bits per heavy atom. The van der Waals surface area contributed by atoms with Crippen LogP contribution in [0.4, 0.5) is 23.8 Å². The fraction of sp³-hybridized carbons (Fsp3) is 0.525. The topological polar surface area (TPSA) is 178 Å². The normalized spacial score (nSPS) is 20.6. The predicted octanol–water partition coefficient (Wildman–Crippen LogP) is 6.32. The number of hydrogen-bond donors (Lipinski definition) is 4. The smallest absolute Gasteiger partial charge is 0.434 e. The SMILES string of the molecule is CC(C)(C)OC(=O)NCCc1ccc(Oc2ccc(OCCCCN3CCC(n4cc([C@H]5OC[C@H](Nc6cncc(C(F)(F)F)n6)[C@@H](O)[C@H]5O)nn4)CC3)cc2)c(I)c1. The standard InChI is InChI=1S/C40H50F3IN8O7/c1-39(2,3)59-38(55)46-15-12-25-6-11-32(29(44)20-25)58-28-9-7-27(8-10-28)56-19-5-4-16-51-17-13-26(14-18-51)52-23-30(49-50-52)37-36(54)35(53)31(24-57-37)47-34-22-45-21-33(48-34)40(41,42)43/h6-11,20-23,26,31,35-37,53-54H,4-5,12-19,24H2,1-3H3,(H,46,55)(H,47,48)/t31-,35+,36+,37+/m0/s1. The number of anilines is 1. The van der Waals surface area contributed by atoms with Crippen molar-refractivity contribution in [2.75, 3.05) is 44.7 Å². The number of unbranched alkanes of at least 4 members (excludes halogenated alkanes) is 1. The molecule has 4 atom stereocenters. The number of halogens is 4. The Kier molecular flexibility index (Phi) is 14.9. The van der Waals surface area contributed by atoms with Gasteiger partial charge in [-0.1, -0.05) is 11.3 Å². The lowest BCUT2D eigenvalue weighted by molar-refractivity contribution is -0.144. The maximum Gasteiger partial charge on any atom is 0.434 e. The number of nitrogens with zero attached hydrogens (tertiary/aromatic N) is 6. The minimum absolute atomic E-state index is 0.116. The molecule has 0 unspecified atom stereocenters. The minimum Gasteiger partial charge on any atom is -0.494 e. The first kappa shape index (κ1) is 44.2. The fourth-order valence-electron chi connectivity index (χ4n) is 6.74. The Balaban J connectivity index is 0.857. The van der Waals surface area contributed by atoms with Gasteiger partial charge < -0.3 is 44.7 Å². The zero-order valence-electron chi connectivity index (χ0n) is 33.1. The third-order valence-electron chi connectivity index (χ3n) is 9.80. The Bertz CT molecular complexity index is 1980. The summed E-state index contributed by atoms with van der Waals surface area (Å²) in [5, 5.41) is 35.6. The number of benzene rings is 2. The molecule has 0 aliphatic carbocycles. The quantitative estimate of drug-likeness (QED) is 0.0770. The van der Waals surface area contributed by atoms with Gasteiger partial charge in [0.25, 0.3) is 0 Å². The first-order chi connectivity index (χ1) is 28.1. The molecule has 0 radical (unpaired) electrons. The van der Waals surface area contributed by atoms with Crippen LogP contribution in [0.15, 0.2) is 61.1 Å². The van der Waals surface area contributed by atoms with Crippen LogP contribution in [0, 0.1) is 3.57 Å². The van der Waals surface area contributed by atoms with E-state index in [0.29, 0.717) is 37.2 Å². The number of carbonyl (C=O) groups excluding carboxylic acids is 1. The summed E-state index contributed by atoms with van der Waals surface area (Å²) in [6, 6.07) is 12.7. The van der Waals surface area contributed by atoms with Crippen LogP contribution in [-0.2, 0) is 22.1 Å². The van der Waals surface area contributed by atoms with Gasteiger partial charge in [-0.05, 0) is 124 Å². The number of hydrogen-bond acceptors (Lipinski definition) is 13. The molecular formula is C40H50F3IN8O7. The maximum atomic E-state index is 13.0. The molecule has 2 saturated heterocycles. The van der Waals surface area contributed by atoms with Crippen LogP contribution in [0.25, 0.3) is 0 Å².